The fourth-order valence-electron chi connectivity index (χ4n) is 2.84. The van der Waals surface area contributed by atoms with Crippen molar-refractivity contribution in [1.29, 1.82) is 0 Å². The van der Waals surface area contributed by atoms with Crippen molar-refractivity contribution >= 4 is 24.2 Å². The smallest absolute Gasteiger partial charge is 0.0221 e. The van der Waals surface area contributed by atoms with Gasteiger partial charge in [-0.1, -0.05) is 6.92 Å². The third kappa shape index (κ3) is 3.80. The Morgan fingerprint density at radius 1 is 1.38 bits per heavy atom. The minimum absolute atomic E-state index is 0. The van der Waals surface area contributed by atoms with Crippen molar-refractivity contribution in [3.63, 3.8) is 0 Å². The highest BCUT2D eigenvalue weighted by Crippen LogP contribution is 2.28. The molecular weight excluding hydrogens is 240 g/mol. The lowest BCUT2D eigenvalue weighted by atomic mass is 9.91. The molecule has 96 valence electrons. The fraction of sp³-hybridized carbons (Fsp3) is 1.00. The first kappa shape index (κ1) is 14.6. The molecule has 2 saturated heterocycles. The Kier molecular flexibility index (Phi) is 6.48. The van der Waals surface area contributed by atoms with Crippen molar-refractivity contribution in [3.05, 3.63) is 0 Å². The maximum Gasteiger partial charge on any atom is 0.0221 e. The Labute approximate surface area is 110 Å². The topological polar surface area (TPSA) is 29.3 Å². The molecular formula is C12H25ClN2S. The second-order valence-corrected chi connectivity index (χ2v) is 6.39. The number of hydrogen-bond acceptors (Lipinski definition) is 3. The predicted molar refractivity (Wildman–Crippen MR) is 75.5 cm³/mol. The molecule has 0 aromatic carbocycles. The van der Waals surface area contributed by atoms with E-state index < -0.39 is 0 Å². The zero-order chi connectivity index (χ0) is 10.7. The van der Waals surface area contributed by atoms with Crippen molar-refractivity contribution in [2.75, 3.05) is 31.1 Å². The first-order chi connectivity index (χ1) is 7.29. The number of thioether (sulfide) groups is 1. The molecule has 3 atom stereocenters. The predicted octanol–water partition coefficient (Wildman–Crippen LogP) is 2.22. The molecule has 0 aliphatic carbocycles. The average Bonchev–Trinajstić information content (AvgIpc) is 2.73. The lowest BCUT2D eigenvalue weighted by Crippen LogP contribution is -2.48. The van der Waals surface area contributed by atoms with E-state index in [4.69, 9.17) is 5.73 Å². The van der Waals surface area contributed by atoms with Gasteiger partial charge in [-0.2, -0.15) is 11.8 Å². The molecule has 2 heterocycles. The minimum Gasteiger partial charge on any atom is -0.329 e. The van der Waals surface area contributed by atoms with Gasteiger partial charge in [0.25, 0.3) is 0 Å². The maximum atomic E-state index is 5.88. The molecule has 16 heavy (non-hydrogen) atoms. The summed E-state index contributed by atoms with van der Waals surface area (Å²) >= 11 is 2.12. The Bertz CT molecular complexity index is 197. The van der Waals surface area contributed by atoms with Crippen molar-refractivity contribution in [2.45, 2.75) is 32.2 Å². The first-order valence-electron chi connectivity index (χ1n) is 6.31. The van der Waals surface area contributed by atoms with E-state index in [1.807, 2.05) is 0 Å². The Balaban J connectivity index is 0.00000128. The van der Waals surface area contributed by atoms with E-state index >= 15 is 0 Å². The number of halogens is 1. The molecule has 3 unspecified atom stereocenters. The van der Waals surface area contributed by atoms with Gasteiger partial charge >= 0.3 is 0 Å². The van der Waals surface area contributed by atoms with Gasteiger partial charge in [-0.25, -0.2) is 0 Å². The van der Waals surface area contributed by atoms with Crippen LogP contribution < -0.4 is 5.73 Å². The quantitative estimate of drug-likeness (QED) is 0.848. The summed E-state index contributed by atoms with van der Waals surface area (Å²) in [6.07, 6.45) is 4.11. The molecule has 2 N–H and O–H groups in total. The van der Waals surface area contributed by atoms with Crippen LogP contribution in [0.2, 0.25) is 0 Å². The van der Waals surface area contributed by atoms with Gasteiger partial charge < -0.3 is 5.73 Å². The van der Waals surface area contributed by atoms with E-state index in [1.165, 1.54) is 43.9 Å². The summed E-state index contributed by atoms with van der Waals surface area (Å²) < 4.78 is 0. The molecule has 0 spiro atoms. The van der Waals surface area contributed by atoms with Crippen LogP contribution in [0.1, 0.15) is 26.2 Å². The van der Waals surface area contributed by atoms with E-state index in [2.05, 4.69) is 23.6 Å². The van der Waals surface area contributed by atoms with E-state index in [9.17, 15) is 0 Å². The van der Waals surface area contributed by atoms with Crippen molar-refractivity contribution in [1.82, 2.24) is 4.90 Å². The van der Waals surface area contributed by atoms with Gasteiger partial charge in [-0.15, -0.1) is 12.4 Å². The minimum atomic E-state index is 0. The summed E-state index contributed by atoms with van der Waals surface area (Å²) in [4.78, 5) is 2.66. The van der Waals surface area contributed by atoms with E-state index in [-0.39, 0.29) is 12.4 Å². The standard InChI is InChI=1S/C12H24N2S.ClH/c1-10-2-4-14(12(6-10)7-13)8-11-3-5-15-9-11;/h10-12H,2-9,13H2,1H3;1H. The second-order valence-electron chi connectivity index (χ2n) is 5.24. The normalized spacial score (nSPS) is 36.0. The van der Waals surface area contributed by atoms with Gasteiger partial charge in [0, 0.05) is 19.1 Å². The molecule has 4 heteroatoms. The Morgan fingerprint density at radius 3 is 2.81 bits per heavy atom. The molecule has 2 fully saturated rings. The number of likely N-dealkylation sites (tertiary alicyclic amines) is 1. The summed E-state index contributed by atoms with van der Waals surface area (Å²) in [7, 11) is 0. The van der Waals surface area contributed by atoms with Crippen LogP contribution in [0.4, 0.5) is 0 Å². The molecule has 2 rings (SSSR count). The molecule has 0 amide bonds. The third-order valence-electron chi connectivity index (χ3n) is 3.89. The summed E-state index contributed by atoms with van der Waals surface area (Å²) in [6.45, 7) is 5.81. The first-order valence-corrected chi connectivity index (χ1v) is 7.47. The number of nitrogens with two attached hydrogens (primary N) is 1. The van der Waals surface area contributed by atoms with Crippen molar-refractivity contribution in [2.24, 2.45) is 17.6 Å². The van der Waals surface area contributed by atoms with Gasteiger partial charge in [0.2, 0.25) is 0 Å². The van der Waals surface area contributed by atoms with Gasteiger partial charge in [0.15, 0.2) is 0 Å². The van der Waals surface area contributed by atoms with Crippen LogP contribution in [-0.4, -0.2) is 42.1 Å². The molecule has 2 nitrogen and oxygen atoms in total. The molecule has 0 bridgehead atoms. The van der Waals surface area contributed by atoms with Crippen LogP contribution in [0.25, 0.3) is 0 Å². The SMILES string of the molecule is CC1CCN(CC2CCSC2)C(CN)C1.Cl. The van der Waals surface area contributed by atoms with Crippen molar-refractivity contribution < 1.29 is 0 Å². The highest BCUT2D eigenvalue weighted by molar-refractivity contribution is 7.99. The Morgan fingerprint density at radius 2 is 2.19 bits per heavy atom. The zero-order valence-corrected chi connectivity index (χ0v) is 11.9. The number of nitrogens with zero attached hydrogens (tertiary/aromatic N) is 1. The van der Waals surface area contributed by atoms with Crippen LogP contribution in [-0.2, 0) is 0 Å². The Hall–Kier alpha value is 0.560. The van der Waals surface area contributed by atoms with E-state index in [0.717, 1.165) is 18.4 Å². The van der Waals surface area contributed by atoms with Gasteiger partial charge in [-0.3, -0.25) is 4.90 Å². The monoisotopic (exact) mass is 264 g/mol. The van der Waals surface area contributed by atoms with Crippen LogP contribution >= 0.6 is 24.2 Å². The van der Waals surface area contributed by atoms with E-state index in [0.29, 0.717) is 6.04 Å². The van der Waals surface area contributed by atoms with Crippen LogP contribution in [0.3, 0.4) is 0 Å². The van der Waals surface area contributed by atoms with Crippen LogP contribution in [0, 0.1) is 11.8 Å². The lowest BCUT2D eigenvalue weighted by Gasteiger charge is -2.39. The second kappa shape index (κ2) is 7.10. The molecule has 2 aliphatic heterocycles. The van der Waals surface area contributed by atoms with Gasteiger partial charge in [0.05, 0.1) is 0 Å². The largest absolute Gasteiger partial charge is 0.329 e. The number of rotatable bonds is 3. The van der Waals surface area contributed by atoms with E-state index in [1.54, 1.807) is 0 Å². The lowest BCUT2D eigenvalue weighted by molar-refractivity contribution is 0.107. The molecule has 0 radical (unpaired) electrons. The van der Waals surface area contributed by atoms with Gasteiger partial charge in [-0.05, 0) is 49.1 Å². The highest BCUT2D eigenvalue weighted by atomic mass is 35.5. The summed E-state index contributed by atoms with van der Waals surface area (Å²) in [5.41, 5.74) is 5.88. The zero-order valence-electron chi connectivity index (χ0n) is 10.2. The molecule has 0 saturated carbocycles. The van der Waals surface area contributed by atoms with Crippen LogP contribution in [0.15, 0.2) is 0 Å². The number of piperidine rings is 1. The molecule has 0 aromatic rings. The summed E-state index contributed by atoms with van der Waals surface area (Å²) in [5, 5.41) is 0. The van der Waals surface area contributed by atoms with Gasteiger partial charge in [0.1, 0.15) is 0 Å². The summed E-state index contributed by atoms with van der Waals surface area (Å²) in [5.74, 6) is 4.58. The average molecular weight is 265 g/mol. The maximum absolute atomic E-state index is 5.88. The third-order valence-corrected chi connectivity index (χ3v) is 5.12. The number of hydrogen-bond donors (Lipinski definition) is 1. The fourth-order valence-corrected chi connectivity index (χ4v) is 4.12. The summed E-state index contributed by atoms with van der Waals surface area (Å²) in [6, 6.07) is 0.666. The van der Waals surface area contributed by atoms with Crippen LogP contribution in [0.5, 0.6) is 0 Å². The molecule has 2 aliphatic rings. The van der Waals surface area contributed by atoms with Crippen molar-refractivity contribution in [3.8, 4) is 0 Å². The highest BCUT2D eigenvalue weighted by Gasteiger charge is 2.28. The molecule has 0 aromatic heterocycles.